The number of ketones is 1. The number of hydrogen-bond acceptors (Lipinski definition) is 8. The molecule has 2 aromatic rings. The SMILES string of the molecule is NOCC(=O)Cc1ccc(S(=O)(=O)Nc2scnc2C(=O)O)cc1F. The van der Waals surface area contributed by atoms with E-state index in [1.54, 1.807) is 0 Å². The molecule has 0 aliphatic carbocycles. The number of thiazole rings is 1. The summed E-state index contributed by atoms with van der Waals surface area (Å²) in [4.78, 5) is 29.6. The van der Waals surface area contributed by atoms with E-state index in [0.717, 1.165) is 35.0 Å². The Hall–Kier alpha value is -2.41. The summed E-state index contributed by atoms with van der Waals surface area (Å²) in [6, 6.07) is 2.97. The molecule has 0 fully saturated rings. The zero-order valence-corrected chi connectivity index (χ0v) is 14.1. The van der Waals surface area contributed by atoms with Crippen molar-refractivity contribution < 1.29 is 32.3 Å². The first-order valence-electron chi connectivity index (χ1n) is 6.56. The van der Waals surface area contributed by atoms with E-state index >= 15 is 0 Å². The van der Waals surface area contributed by atoms with Crippen molar-refractivity contribution in [1.82, 2.24) is 4.98 Å². The van der Waals surface area contributed by atoms with Crippen molar-refractivity contribution in [2.75, 3.05) is 11.3 Å². The number of carbonyl (C=O) groups is 2. The van der Waals surface area contributed by atoms with E-state index < -0.39 is 44.8 Å². The van der Waals surface area contributed by atoms with Crippen LogP contribution in [0.4, 0.5) is 9.39 Å². The molecule has 1 heterocycles. The van der Waals surface area contributed by atoms with Gasteiger partial charge in [-0.1, -0.05) is 6.07 Å². The Morgan fingerprint density at radius 3 is 2.72 bits per heavy atom. The number of anilines is 1. The molecule has 0 radical (unpaired) electrons. The molecule has 0 saturated heterocycles. The first-order valence-corrected chi connectivity index (χ1v) is 8.92. The Morgan fingerprint density at radius 1 is 1.40 bits per heavy atom. The van der Waals surface area contributed by atoms with E-state index in [0.29, 0.717) is 0 Å². The van der Waals surface area contributed by atoms with Gasteiger partial charge in [-0.25, -0.2) is 28.5 Å². The van der Waals surface area contributed by atoms with Gasteiger partial charge >= 0.3 is 5.97 Å². The molecule has 0 unspecified atom stereocenters. The minimum absolute atomic E-state index is 0.0231. The molecular formula is C13H12FN3O6S2. The van der Waals surface area contributed by atoms with E-state index in [-0.39, 0.29) is 17.0 Å². The Labute approximate surface area is 145 Å². The molecule has 0 bridgehead atoms. The molecule has 0 aliphatic rings. The third-order valence-electron chi connectivity index (χ3n) is 2.96. The summed E-state index contributed by atoms with van der Waals surface area (Å²) in [6.45, 7) is -0.398. The summed E-state index contributed by atoms with van der Waals surface area (Å²) < 4.78 is 40.6. The van der Waals surface area contributed by atoms with Crippen molar-refractivity contribution >= 4 is 38.1 Å². The Kier molecular flexibility index (Phi) is 5.79. The van der Waals surface area contributed by atoms with Crippen LogP contribution in [-0.2, 0) is 26.1 Å². The van der Waals surface area contributed by atoms with Gasteiger partial charge in [0, 0.05) is 6.42 Å². The molecule has 0 aliphatic heterocycles. The number of carboxylic acid groups (broad SMARTS) is 1. The summed E-state index contributed by atoms with van der Waals surface area (Å²) in [5.41, 5.74) is 0.680. The molecule has 12 heteroatoms. The number of benzene rings is 1. The second-order valence-corrected chi connectivity index (χ2v) is 7.26. The van der Waals surface area contributed by atoms with Gasteiger partial charge in [0.25, 0.3) is 10.0 Å². The number of sulfonamides is 1. The molecule has 134 valence electrons. The molecule has 1 aromatic carbocycles. The lowest BCUT2D eigenvalue weighted by Gasteiger charge is -2.08. The number of Topliss-reactive ketones (excluding diaryl/α,β-unsaturated/α-hetero) is 1. The summed E-state index contributed by atoms with van der Waals surface area (Å²) in [7, 11) is -4.23. The molecule has 2 rings (SSSR count). The number of nitrogens with two attached hydrogens (primary N) is 1. The van der Waals surface area contributed by atoms with Gasteiger partial charge < -0.3 is 5.11 Å². The first-order chi connectivity index (χ1) is 11.7. The smallest absolute Gasteiger partial charge is 0.357 e. The Bertz CT molecular complexity index is 912. The molecule has 0 amide bonds. The average molecular weight is 389 g/mol. The quantitative estimate of drug-likeness (QED) is 0.561. The molecule has 0 saturated carbocycles. The second kappa shape index (κ2) is 7.65. The molecule has 25 heavy (non-hydrogen) atoms. The Balaban J connectivity index is 2.25. The first kappa shape index (κ1) is 18.9. The highest BCUT2D eigenvalue weighted by Crippen LogP contribution is 2.25. The number of aromatic carboxylic acids is 1. The van der Waals surface area contributed by atoms with E-state index in [2.05, 4.69) is 9.82 Å². The van der Waals surface area contributed by atoms with Crippen molar-refractivity contribution in [3.05, 3.63) is 40.8 Å². The van der Waals surface area contributed by atoms with E-state index in [9.17, 15) is 22.4 Å². The number of nitrogens with zero attached hydrogens (tertiary/aromatic N) is 1. The molecule has 1 aromatic heterocycles. The molecule has 0 spiro atoms. The largest absolute Gasteiger partial charge is 0.476 e. The van der Waals surface area contributed by atoms with Crippen LogP contribution in [0.1, 0.15) is 16.1 Å². The number of carboxylic acids is 1. The van der Waals surface area contributed by atoms with Crippen LogP contribution in [0.15, 0.2) is 28.6 Å². The summed E-state index contributed by atoms with van der Waals surface area (Å²) in [5, 5.41) is 8.73. The lowest BCUT2D eigenvalue weighted by molar-refractivity contribution is -0.123. The van der Waals surface area contributed by atoms with Gasteiger partial charge in [-0.2, -0.15) is 0 Å². The third kappa shape index (κ3) is 4.57. The highest BCUT2D eigenvalue weighted by molar-refractivity contribution is 7.93. The van der Waals surface area contributed by atoms with Crippen molar-refractivity contribution in [3.8, 4) is 0 Å². The highest BCUT2D eigenvalue weighted by atomic mass is 32.2. The van der Waals surface area contributed by atoms with Crippen molar-refractivity contribution in [1.29, 1.82) is 0 Å². The van der Waals surface area contributed by atoms with Crippen LogP contribution >= 0.6 is 11.3 Å². The molecule has 0 atom stereocenters. The van der Waals surface area contributed by atoms with Crippen LogP contribution in [-0.4, -0.2) is 36.9 Å². The monoisotopic (exact) mass is 389 g/mol. The van der Waals surface area contributed by atoms with Crippen LogP contribution < -0.4 is 10.6 Å². The van der Waals surface area contributed by atoms with Crippen molar-refractivity contribution in [2.45, 2.75) is 11.3 Å². The molecule has 9 nitrogen and oxygen atoms in total. The van der Waals surface area contributed by atoms with E-state index in [4.69, 9.17) is 11.0 Å². The molecular weight excluding hydrogens is 377 g/mol. The van der Waals surface area contributed by atoms with Gasteiger partial charge in [-0.15, -0.1) is 11.3 Å². The van der Waals surface area contributed by atoms with Crippen molar-refractivity contribution in [3.63, 3.8) is 0 Å². The minimum Gasteiger partial charge on any atom is -0.476 e. The van der Waals surface area contributed by atoms with Crippen LogP contribution in [0.2, 0.25) is 0 Å². The fraction of sp³-hybridized carbons (Fsp3) is 0.154. The van der Waals surface area contributed by atoms with Crippen molar-refractivity contribution in [2.24, 2.45) is 5.90 Å². The van der Waals surface area contributed by atoms with Crippen LogP contribution in [0.25, 0.3) is 0 Å². The zero-order valence-electron chi connectivity index (χ0n) is 12.4. The number of nitrogens with one attached hydrogen (secondary N) is 1. The van der Waals surface area contributed by atoms with Gasteiger partial charge in [0.05, 0.1) is 10.4 Å². The molecule has 4 N–H and O–H groups in total. The summed E-state index contributed by atoms with van der Waals surface area (Å²) in [5.74, 6) is 1.96. The lowest BCUT2D eigenvalue weighted by Crippen LogP contribution is -2.17. The predicted octanol–water partition coefficient (Wildman–Crippen LogP) is 0.783. The van der Waals surface area contributed by atoms with Gasteiger partial charge in [0.2, 0.25) is 0 Å². The second-order valence-electron chi connectivity index (χ2n) is 4.72. The lowest BCUT2D eigenvalue weighted by atomic mass is 10.1. The average Bonchev–Trinajstić information content (AvgIpc) is 2.97. The minimum atomic E-state index is -4.23. The maximum absolute atomic E-state index is 14.0. The van der Waals surface area contributed by atoms with Crippen LogP contribution in [0.3, 0.4) is 0 Å². The maximum atomic E-state index is 14.0. The predicted molar refractivity (Wildman–Crippen MR) is 85.1 cm³/mol. The summed E-state index contributed by atoms with van der Waals surface area (Å²) >= 11 is 0.774. The van der Waals surface area contributed by atoms with Crippen LogP contribution in [0, 0.1) is 5.82 Å². The number of halogens is 1. The third-order valence-corrected chi connectivity index (χ3v) is 5.18. The zero-order chi connectivity index (χ0) is 18.6. The fourth-order valence-corrected chi connectivity index (χ4v) is 3.85. The number of hydrogen-bond donors (Lipinski definition) is 3. The number of aromatic nitrogens is 1. The van der Waals surface area contributed by atoms with Gasteiger partial charge in [0.15, 0.2) is 11.5 Å². The van der Waals surface area contributed by atoms with Gasteiger partial charge in [-0.05, 0) is 17.7 Å². The normalized spacial score (nSPS) is 11.3. The van der Waals surface area contributed by atoms with Gasteiger partial charge in [0.1, 0.15) is 17.4 Å². The van der Waals surface area contributed by atoms with Gasteiger partial charge in [-0.3, -0.25) is 14.4 Å². The maximum Gasteiger partial charge on any atom is 0.357 e. The van der Waals surface area contributed by atoms with E-state index in [1.165, 1.54) is 0 Å². The summed E-state index contributed by atoms with van der Waals surface area (Å²) in [6.07, 6.45) is -0.311. The number of carbonyl (C=O) groups excluding carboxylic acids is 1. The standard InChI is InChI=1S/C13H12FN3O6S2/c14-10-4-9(2-1-7(10)3-8(18)5-23-15)25(21,22)17-12-11(13(19)20)16-6-24-12/h1-2,4,6,17H,3,5,15H2,(H,19,20). The fourth-order valence-electron chi connectivity index (χ4n) is 1.85. The topological polar surface area (TPSA) is 149 Å². The van der Waals surface area contributed by atoms with E-state index in [1.807, 2.05) is 4.72 Å². The van der Waals surface area contributed by atoms with Crippen LogP contribution in [0.5, 0.6) is 0 Å². The Morgan fingerprint density at radius 2 is 2.12 bits per heavy atom. The highest BCUT2D eigenvalue weighted by Gasteiger charge is 2.22. The number of rotatable bonds is 8.